The molecule has 5 heteroatoms. The largest absolute Gasteiger partial charge is 0.426 e. The number of nitrogens with zero attached hydrogens (tertiary/aromatic N) is 2. The van der Waals surface area contributed by atoms with Crippen LogP contribution in [0.1, 0.15) is 19.8 Å². The number of carbonyl (C=O) groups is 1. The zero-order valence-electron chi connectivity index (χ0n) is 8.27. The molecule has 0 radical (unpaired) electrons. The van der Waals surface area contributed by atoms with Crippen molar-refractivity contribution in [2.24, 2.45) is 0 Å². The molecule has 0 aliphatic rings. The van der Waals surface area contributed by atoms with Gasteiger partial charge in [0.2, 0.25) is 0 Å². The van der Waals surface area contributed by atoms with E-state index in [4.69, 9.17) is 4.74 Å². The van der Waals surface area contributed by atoms with Crippen LogP contribution in [-0.2, 0) is 4.79 Å². The van der Waals surface area contributed by atoms with E-state index < -0.39 is 0 Å². The van der Waals surface area contributed by atoms with Gasteiger partial charge in [0, 0.05) is 12.5 Å². The maximum atomic E-state index is 11.2. The Morgan fingerprint density at radius 2 is 2.20 bits per heavy atom. The van der Waals surface area contributed by atoms with Gasteiger partial charge >= 0.3 is 5.97 Å². The Balaban J connectivity index is 2.17. The molecule has 1 aromatic heterocycles. The van der Waals surface area contributed by atoms with E-state index in [2.05, 4.69) is 8.75 Å². The fourth-order valence-corrected chi connectivity index (χ4v) is 1.73. The Morgan fingerprint density at radius 3 is 3.00 bits per heavy atom. The van der Waals surface area contributed by atoms with Gasteiger partial charge in [0.25, 0.3) is 0 Å². The number of benzene rings is 1. The van der Waals surface area contributed by atoms with Crippen molar-refractivity contribution in [1.29, 1.82) is 0 Å². The van der Waals surface area contributed by atoms with E-state index >= 15 is 0 Å². The molecule has 2 aromatic rings. The third-order valence-electron chi connectivity index (χ3n) is 1.91. The fraction of sp³-hybridized carbons (Fsp3) is 0.300. The smallest absolute Gasteiger partial charge is 0.311 e. The van der Waals surface area contributed by atoms with Crippen molar-refractivity contribution < 1.29 is 9.53 Å². The Kier molecular flexibility index (Phi) is 2.91. The van der Waals surface area contributed by atoms with Gasteiger partial charge in [0.15, 0.2) is 0 Å². The number of ether oxygens (including phenoxy) is 1. The van der Waals surface area contributed by atoms with E-state index in [-0.39, 0.29) is 5.97 Å². The lowest BCUT2D eigenvalue weighted by molar-refractivity contribution is -0.134. The summed E-state index contributed by atoms with van der Waals surface area (Å²) in [5, 5.41) is 0. The molecular weight excluding hydrogens is 212 g/mol. The highest BCUT2D eigenvalue weighted by Crippen LogP contribution is 2.19. The maximum absolute atomic E-state index is 11.2. The number of aromatic nitrogens is 2. The third kappa shape index (κ3) is 2.30. The van der Waals surface area contributed by atoms with Gasteiger partial charge in [0.1, 0.15) is 16.8 Å². The molecule has 0 amide bonds. The Morgan fingerprint density at radius 1 is 1.40 bits per heavy atom. The second-order valence-electron chi connectivity index (χ2n) is 3.14. The molecule has 0 saturated heterocycles. The summed E-state index contributed by atoms with van der Waals surface area (Å²) in [6.45, 7) is 1.94. The van der Waals surface area contributed by atoms with Crippen LogP contribution in [0.2, 0.25) is 0 Å². The highest BCUT2D eigenvalue weighted by atomic mass is 32.1. The monoisotopic (exact) mass is 222 g/mol. The first-order valence-electron chi connectivity index (χ1n) is 4.72. The van der Waals surface area contributed by atoms with Crippen molar-refractivity contribution in [2.45, 2.75) is 19.8 Å². The van der Waals surface area contributed by atoms with Crippen molar-refractivity contribution in [3.8, 4) is 5.75 Å². The second kappa shape index (κ2) is 4.35. The van der Waals surface area contributed by atoms with E-state index in [1.807, 2.05) is 6.92 Å². The van der Waals surface area contributed by atoms with Crippen molar-refractivity contribution in [3.05, 3.63) is 18.2 Å². The normalized spacial score (nSPS) is 10.5. The average Bonchev–Trinajstić information content (AvgIpc) is 2.65. The molecule has 15 heavy (non-hydrogen) atoms. The summed E-state index contributed by atoms with van der Waals surface area (Å²) < 4.78 is 13.3. The Labute approximate surface area is 91.2 Å². The van der Waals surface area contributed by atoms with Gasteiger partial charge in [-0.2, -0.15) is 8.75 Å². The van der Waals surface area contributed by atoms with Crippen molar-refractivity contribution in [1.82, 2.24) is 8.75 Å². The molecule has 78 valence electrons. The average molecular weight is 222 g/mol. The van der Waals surface area contributed by atoms with Crippen LogP contribution in [0.3, 0.4) is 0 Å². The number of rotatable bonds is 3. The number of hydrogen-bond donors (Lipinski definition) is 0. The minimum absolute atomic E-state index is 0.208. The van der Waals surface area contributed by atoms with Crippen LogP contribution in [0.4, 0.5) is 0 Å². The number of hydrogen-bond acceptors (Lipinski definition) is 5. The van der Waals surface area contributed by atoms with Crippen LogP contribution < -0.4 is 4.74 Å². The first-order valence-corrected chi connectivity index (χ1v) is 5.45. The highest BCUT2D eigenvalue weighted by molar-refractivity contribution is 7.00. The van der Waals surface area contributed by atoms with Gasteiger partial charge in [0.05, 0.1) is 11.7 Å². The van der Waals surface area contributed by atoms with E-state index in [9.17, 15) is 4.79 Å². The molecule has 0 saturated carbocycles. The first kappa shape index (κ1) is 10.0. The van der Waals surface area contributed by atoms with Crippen LogP contribution in [0, 0.1) is 0 Å². The molecule has 0 atom stereocenters. The Hall–Kier alpha value is -1.49. The van der Waals surface area contributed by atoms with E-state index in [1.165, 1.54) is 0 Å². The molecule has 0 fully saturated rings. The second-order valence-corrected chi connectivity index (χ2v) is 3.67. The van der Waals surface area contributed by atoms with Gasteiger partial charge in [-0.05, 0) is 18.6 Å². The molecule has 0 unspecified atom stereocenters. The molecule has 0 aliphatic carbocycles. The number of carbonyl (C=O) groups excluding carboxylic acids is 1. The van der Waals surface area contributed by atoms with Crippen molar-refractivity contribution in [2.75, 3.05) is 0 Å². The Bertz CT molecular complexity index is 481. The topological polar surface area (TPSA) is 52.1 Å². The van der Waals surface area contributed by atoms with Crippen LogP contribution in [-0.4, -0.2) is 14.7 Å². The molecular formula is C10H10N2O2S. The minimum atomic E-state index is -0.208. The highest BCUT2D eigenvalue weighted by Gasteiger charge is 2.05. The predicted molar refractivity (Wildman–Crippen MR) is 58.0 cm³/mol. The molecule has 0 bridgehead atoms. The van der Waals surface area contributed by atoms with Gasteiger partial charge in [-0.1, -0.05) is 6.92 Å². The lowest BCUT2D eigenvalue weighted by Crippen LogP contribution is -2.06. The van der Waals surface area contributed by atoms with Crippen LogP contribution in [0.15, 0.2) is 18.2 Å². The van der Waals surface area contributed by atoms with Crippen LogP contribution in [0.5, 0.6) is 5.75 Å². The summed E-state index contributed by atoms with van der Waals surface area (Å²) in [7, 11) is 0. The van der Waals surface area contributed by atoms with Crippen molar-refractivity contribution in [3.63, 3.8) is 0 Å². The van der Waals surface area contributed by atoms with Gasteiger partial charge < -0.3 is 4.74 Å². The van der Waals surface area contributed by atoms with Gasteiger partial charge in [-0.15, -0.1) is 0 Å². The van der Waals surface area contributed by atoms with Gasteiger partial charge in [-0.3, -0.25) is 4.79 Å². The molecule has 0 aliphatic heterocycles. The minimum Gasteiger partial charge on any atom is -0.426 e. The molecule has 1 aromatic carbocycles. The summed E-state index contributed by atoms with van der Waals surface area (Å²) in [4.78, 5) is 11.2. The lowest BCUT2D eigenvalue weighted by Gasteiger charge is -2.01. The standard InChI is InChI=1S/C10H10N2O2S/c1-2-3-10(13)14-7-4-5-8-9(6-7)12-15-11-8/h4-6H,2-3H2,1H3. The van der Waals surface area contributed by atoms with Crippen LogP contribution >= 0.6 is 11.7 Å². The van der Waals surface area contributed by atoms with E-state index in [0.29, 0.717) is 12.2 Å². The zero-order valence-corrected chi connectivity index (χ0v) is 9.08. The molecule has 0 spiro atoms. The zero-order chi connectivity index (χ0) is 10.7. The fourth-order valence-electron chi connectivity index (χ4n) is 1.21. The first-order chi connectivity index (χ1) is 7.29. The summed E-state index contributed by atoms with van der Waals surface area (Å²) in [5.41, 5.74) is 1.59. The van der Waals surface area contributed by atoms with E-state index in [1.54, 1.807) is 18.2 Å². The molecule has 0 N–H and O–H groups in total. The third-order valence-corrected chi connectivity index (χ3v) is 2.47. The molecule has 4 nitrogen and oxygen atoms in total. The SMILES string of the molecule is CCCC(=O)Oc1ccc2nsnc2c1. The molecule has 1 heterocycles. The number of fused-ring (bicyclic) bond motifs is 1. The summed E-state index contributed by atoms with van der Waals surface area (Å²) in [6, 6.07) is 5.26. The van der Waals surface area contributed by atoms with Crippen LogP contribution in [0.25, 0.3) is 11.0 Å². The predicted octanol–water partition coefficient (Wildman–Crippen LogP) is 2.40. The quantitative estimate of drug-likeness (QED) is 0.591. The maximum Gasteiger partial charge on any atom is 0.311 e. The summed E-state index contributed by atoms with van der Waals surface area (Å²) in [6.07, 6.45) is 1.23. The summed E-state index contributed by atoms with van der Waals surface area (Å²) >= 11 is 1.15. The van der Waals surface area contributed by atoms with Crippen molar-refractivity contribution >= 4 is 28.7 Å². The molecule has 2 rings (SSSR count). The lowest BCUT2D eigenvalue weighted by atomic mass is 10.3. The van der Waals surface area contributed by atoms with E-state index in [0.717, 1.165) is 29.2 Å². The van der Waals surface area contributed by atoms with Gasteiger partial charge in [-0.25, -0.2) is 0 Å². The summed E-state index contributed by atoms with van der Waals surface area (Å²) in [5.74, 6) is 0.327. The number of esters is 1.